The highest BCUT2D eigenvalue weighted by Gasteiger charge is 2.11. The van der Waals surface area contributed by atoms with Gasteiger partial charge in [0.2, 0.25) is 0 Å². The van der Waals surface area contributed by atoms with Gasteiger partial charge in [-0.05, 0) is 41.3 Å². The van der Waals surface area contributed by atoms with E-state index in [2.05, 4.69) is 21.2 Å². The molecule has 4 nitrogen and oxygen atoms in total. The van der Waals surface area contributed by atoms with E-state index in [4.69, 9.17) is 0 Å². The highest BCUT2D eigenvalue weighted by Crippen LogP contribution is 2.22. The van der Waals surface area contributed by atoms with Crippen molar-refractivity contribution in [2.24, 2.45) is 0 Å². The maximum absolute atomic E-state index is 12.3. The molecule has 2 aromatic rings. The first-order chi connectivity index (χ1) is 10.7. The average Bonchev–Trinajstić information content (AvgIpc) is 2.56. The summed E-state index contributed by atoms with van der Waals surface area (Å²) in [5.74, 6) is 1.48. The standard InChI is InChI=1S/C17H13NO3S/c1-21-16(19)11-12-22-15-10-6-5-9-14(15)17(20)18-13-7-3-2-4-8-13/h2-10H,1H3,(H,18,20). The van der Waals surface area contributed by atoms with Crippen molar-refractivity contribution in [2.45, 2.75) is 4.90 Å². The zero-order chi connectivity index (χ0) is 15.8. The first-order valence-corrected chi connectivity index (χ1v) is 7.23. The smallest absolute Gasteiger partial charge is 0.384 e. The summed E-state index contributed by atoms with van der Waals surface area (Å²) in [5.41, 5.74) is 1.21. The van der Waals surface area contributed by atoms with E-state index in [1.807, 2.05) is 30.3 Å². The van der Waals surface area contributed by atoms with Crippen LogP contribution in [0.25, 0.3) is 0 Å². The van der Waals surface area contributed by atoms with Gasteiger partial charge in [-0.15, -0.1) is 0 Å². The second-order valence-corrected chi connectivity index (χ2v) is 4.99. The van der Waals surface area contributed by atoms with E-state index in [0.717, 1.165) is 11.8 Å². The molecule has 1 N–H and O–H groups in total. The summed E-state index contributed by atoms with van der Waals surface area (Å²) in [5, 5.41) is 5.44. The molecule has 0 unspecified atom stereocenters. The summed E-state index contributed by atoms with van der Waals surface area (Å²) in [6.07, 6.45) is 0. The molecule has 0 saturated carbocycles. The van der Waals surface area contributed by atoms with Gasteiger partial charge in [-0.25, -0.2) is 4.79 Å². The van der Waals surface area contributed by atoms with Crippen LogP contribution >= 0.6 is 11.8 Å². The molecule has 0 aliphatic carbocycles. The summed E-state index contributed by atoms with van der Waals surface area (Å²) in [4.78, 5) is 24.0. The fourth-order valence-electron chi connectivity index (χ4n) is 1.64. The molecule has 0 radical (unpaired) electrons. The predicted octanol–water partition coefficient (Wildman–Crippen LogP) is 3.16. The molecule has 2 rings (SSSR count). The number of para-hydroxylation sites is 1. The fourth-order valence-corrected chi connectivity index (χ4v) is 2.30. The Morgan fingerprint density at radius 3 is 2.45 bits per heavy atom. The largest absolute Gasteiger partial charge is 0.459 e. The van der Waals surface area contributed by atoms with Gasteiger partial charge in [0.25, 0.3) is 5.91 Å². The second-order valence-electron chi connectivity index (χ2n) is 4.14. The summed E-state index contributed by atoms with van der Waals surface area (Å²) in [7, 11) is 1.27. The minimum absolute atomic E-state index is 0.228. The van der Waals surface area contributed by atoms with Crippen LogP contribution in [0.3, 0.4) is 0 Å². The predicted molar refractivity (Wildman–Crippen MR) is 86.5 cm³/mol. The molecule has 0 aromatic heterocycles. The quantitative estimate of drug-likeness (QED) is 0.537. The van der Waals surface area contributed by atoms with E-state index in [0.29, 0.717) is 16.1 Å². The normalized spacial score (nSPS) is 9.32. The van der Waals surface area contributed by atoms with Crippen molar-refractivity contribution < 1.29 is 14.3 Å². The Morgan fingerprint density at radius 1 is 1.05 bits per heavy atom. The van der Waals surface area contributed by atoms with Gasteiger partial charge in [-0.2, -0.15) is 0 Å². The molecule has 0 atom stereocenters. The lowest BCUT2D eigenvalue weighted by Gasteiger charge is -2.07. The Labute approximate surface area is 132 Å². The average molecular weight is 311 g/mol. The van der Waals surface area contributed by atoms with Crippen molar-refractivity contribution in [1.29, 1.82) is 0 Å². The molecule has 0 spiro atoms. The lowest BCUT2D eigenvalue weighted by Crippen LogP contribution is -2.12. The third kappa shape index (κ3) is 4.40. The van der Waals surface area contributed by atoms with Crippen molar-refractivity contribution in [1.82, 2.24) is 0 Å². The maximum atomic E-state index is 12.3. The van der Waals surface area contributed by atoms with Gasteiger partial charge in [0.1, 0.15) is 0 Å². The first-order valence-electron chi connectivity index (χ1n) is 6.42. The molecular weight excluding hydrogens is 298 g/mol. The molecule has 2 aromatic carbocycles. The van der Waals surface area contributed by atoms with E-state index in [9.17, 15) is 9.59 Å². The number of esters is 1. The zero-order valence-corrected chi connectivity index (χ0v) is 12.6. The second kappa shape index (κ2) is 7.91. The number of carbonyl (C=O) groups excluding carboxylic acids is 2. The minimum atomic E-state index is -0.612. The number of amides is 1. The molecule has 0 saturated heterocycles. The number of hydrogen-bond acceptors (Lipinski definition) is 4. The van der Waals surface area contributed by atoms with Crippen LogP contribution in [0.1, 0.15) is 10.4 Å². The van der Waals surface area contributed by atoms with Gasteiger partial charge < -0.3 is 10.1 Å². The number of thioether (sulfide) groups is 1. The molecule has 5 heteroatoms. The maximum Gasteiger partial charge on any atom is 0.384 e. The zero-order valence-electron chi connectivity index (χ0n) is 11.8. The molecule has 0 aliphatic heterocycles. The van der Waals surface area contributed by atoms with E-state index in [1.54, 1.807) is 24.3 Å². The molecule has 0 fully saturated rings. The summed E-state index contributed by atoms with van der Waals surface area (Å²) in [6.45, 7) is 0. The van der Waals surface area contributed by atoms with Crippen LogP contribution in [0, 0.1) is 11.2 Å². The molecule has 22 heavy (non-hydrogen) atoms. The van der Waals surface area contributed by atoms with E-state index < -0.39 is 5.97 Å². The van der Waals surface area contributed by atoms with Crippen molar-refractivity contribution in [3.63, 3.8) is 0 Å². The van der Waals surface area contributed by atoms with Crippen LogP contribution in [-0.4, -0.2) is 19.0 Å². The van der Waals surface area contributed by atoms with Crippen molar-refractivity contribution in [3.05, 3.63) is 60.2 Å². The highest BCUT2D eigenvalue weighted by atomic mass is 32.2. The highest BCUT2D eigenvalue weighted by molar-refractivity contribution is 8.04. The third-order valence-electron chi connectivity index (χ3n) is 2.66. The van der Waals surface area contributed by atoms with Gasteiger partial charge >= 0.3 is 5.97 Å². The van der Waals surface area contributed by atoms with E-state index in [-0.39, 0.29) is 5.91 Å². The number of methoxy groups -OCH3 is 1. The summed E-state index contributed by atoms with van der Waals surface area (Å²) >= 11 is 1.11. The van der Waals surface area contributed by atoms with Crippen molar-refractivity contribution >= 4 is 29.3 Å². The lowest BCUT2D eigenvalue weighted by atomic mass is 10.2. The first kappa shape index (κ1) is 15.7. The van der Waals surface area contributed by atoms with Crippen LogP contribution < -0.4 is 5.32 Å². The monoisotopic (exact) mass is 311 g/mol. The van der Waals surface area contributed by atoms with Crippen LogP contribution in [0.5, 0.6) is 0 Å². The molecule has 0 aliphatic rings. The van der Waals surface area contributed by atoms with Gasteiger partial charge in [0, 0.05) is 16.5 Å². The van der Waals surface area contributed by atoms with Gasteiger partial charge in [-0.3, -0.25) is 4.79 Å². The van der Waals surface area contributed by atoms with Gasteiger partial charge in [0.05, 0.1) is 12.7 Å². The Kier molecular flexibility index (Phi) is 5.64. The number of rotatable bonds is 3. The lowest BCUT2D eigenvalue weighted by molar-refractivity contribution is -0.133. The third-order valence-corrected chi connectivity index (χ3v) is 3.44. The fraction of sp³-hybridized carbons (Fsp3) is 0.0588. The van der Waals surface area contributed by atoms with E-state index >= 15 is 0 Å². The van der Waals surface area contributed by atoms with E-state index in [1.165, 1.54) is 7.11 Å². The number of anilines is 1. The Bertz CT molecular complexity index is 732. The van der Waals surface area contributed by atoms with Gasteiger partial charge in [0.15, 0.2) is 0 Å². The Hall–Kier alpha value is -2.71. The number of nitrogens with one attached hydrogen (secondary N) is 1. The van der Waals surface area contributed by atoms with Crippen LogP contribution in [0.15, 0.2) is 59.5 Å². The minimum Gasteiger partial charge on any atom is -0.459 e. The van der Waals surface area contributed by atoms with Crippen molar-refractivity contribution in [2.75, 3.05) is 12.4 Å². The number of ether oxygens (including phenoxy) is 1. The molecule has 1 amide bonds. The Balaban J connectivity index is 2.15. The molecule has 110 valence electrons. The van der Waals surface area contributed by atoms with Crippen LogP contribution in [-0.2, 0) is 9.53 Å². The summed E-state index contributed by atoms with van der Waals surface area (Å²) in [6, 6.07) is 16.3. The van der Waals surface area contributed by atoms with Gasteiger partial charge in [-0.1, -0.05) is 30.3 Å². The summed E-state index contributed by atoms with van der Waals surface area (Å²) < 4.78 is 4.44. The number of hydrogen-bond donors (Lipinski definition) is 1. The molecular formula is C17H13NO3S. The van der Waals surface area contributed by atoms with Crippen LogP contribution in [0.2, 0.25) is 0 Å². The molecule has 0 heterocycles. The Morgan fingerprint density at radius 2 is 1.73 bits per heavy atom. The SMILES string of the molecule is COC(=O)C#CSc1ccccc1C(=O)Nc1ccccc1. The van der Waals surface area contributed by atoms with Crippen LogP contribution in [0.4, 0.5) is 5.69 Å². The van der Waals surface area contributed by atoms with Crippen molar-refractivity contribution in [3.8, 4) is 11.2 Å². The topological polar surface area (TPSA) is 55.4 Å². The number of carbonyl (C=O) groups is 2. The number of benzene rings is 2. The molecule has 0 bridgehead atoms.